The standard InChI is InChI=1S/C16H21N3O/c1-6-17-15-11(3)12(4)18-16(19-15)13-8-7-10(2)9-14(13)20-5/h7-9H,6H2,1-5H3,(H,17,18,19). The van der Waals surface area contributed by atoms with Crippen molar-refractivity contribution in [1.82, 2.24) is 9.97 Å². The Balaban J connectivity index is 2.58. The van der Waals surface area contributed by atoms with Crippen LogP contribution in [0.5, 0.6) is 5.75 Å². The summed E-state index contributed by atoms with van der Waals surface area (Å²) in [5, 5.41) is 3.28. The van der Waals surface area contributed by atoms with Crippen molar-refractivity contribution in [3.8, 4) is 17.1 Å². The van der Waals surface area contributed by atoms with Crippen LogP contribution in [0.1, 0.15) is 23.7 Å². The van der Waals surface area contributed by atoms with Gasteiger partial charge in [0.25, 0.3) is 0 Å². The average Bonchev–Trinajstić information content (AvgIpc) is 2.43. The number of ether oxygens (including phenoxy) is 1. The van der Waals surface area contributed by atoms with Gasteiger partial charge in [-0.05, 0) is 45.4 Å². The summed E-state index contributed by atoms with van der Waals surface area (Å²) in [7, 11) is 1.67. The Morgan fingerprint density at radius 1 is 1.15 bits per heavy atom. The second kappa shape index (κ2) is 5.90. The number of hydrogen-bond donors (Lipinski definition) is 1. The van der Waals surface area contributed by atoms with Crippen molar-refractivity contribution in [2.75, 3.05) is 19.0 Å². The first-order valence-corrected chi connectivity index (χ1v) is 6.81. The molecule has 0 aliphatic rings. The lowest BCUT2D eigenvalue weighted by molar-refractivity contribution is 0.416. The molecule has 0 saturated carbocycles. The zero-order chi connectivity index (χ0) is 14.7. The highest BCUT2D eigenvalue weighted by Gasteiger charge is 2.13. The van der Waals surface area contributed by atoms with Gasteiger partial charge in [0.2, 0.25) is 0 Å². The van der Waals surface area contributed by atoms with E-state index < -0.39 is 0 Å². The molecule has 0 atom stereocenters. The SMILES string of the molecule is CCNc1nc(-c2ccc(C)cc2OC)nc(C)c1C. The monoisotopic (exact) mass is 271 g/mol. The highest BCUT2D eigenvalue weighted by atomic mass is 16.5. The van der Waals surface area contributed by atoms with Crippen LogP contribution in [0.4, 0.5) is 5.82 Å². The van der Waals surface area contributed by atoms with Gasteiger partial charge in [-0.25, -0.2) is 9.97 Å². The molecule has 1 N–H and O–H groups in total. The molecule has 0 spiro atoms. The molecular formula is C16H21N3O. The molecule has 0 aliphatic heterocycles. The molecule has 0 amide bonds. The van der Waals surface area contributed by atoms with E-state index >= 15 is 0 Å². The van der Waals surface area contributed by atoms with Gasteiger partial charge in [0.05, 0.1) is 12.7 Å². The van der Waals surface area contributed by atoms with Crippen molar-refractivity contribution in [3.63, 3.8) is 0 Å². The summed E-state index contributed by atoms with van der Waals surface area (Å²) in [6.07, 6.45) is 0. The fourth-order valence-electron chi connectivity index (χ4n) is 2.07. The second-order valence-corrected chi connectivity index (χ2v) is 4.84. The van der Waals surface area contributed by atoms with E-state index in [1.165, 1.54) is 0 Å². The molecule has 2 rings (SSSR count). The van der Waals surface area contributed by atoms with Crippen LogP contribution in [0.15, 0.2) is 18.2 Å². The first kappa shape index (κ1) is 14.3. The third-order valence-corrected chi connectivity index (χ3v) is 3.33. The number of nitrogens with zero attached hydrogens (tertiary/aromatic N) is 2. The van der Waals surface area contributed by atoms with E-state index in [0.717, 1.165) is 40.5 Å². The molecule has 1 aromatic heterocycles. The smallest absolute Gasteiger partial charge is 0.165 e. The minimum absolute atomic E-state index is 0.695. The van der Waals surface area contributed by atoms with E-state index in [4.69, 9.17) is 4.74 Å². The van der Waals surface area contributed by atoms with Crippen LogP contribution in [-0.4, -0.2) is 23.6 Å². The topological polar surface area (TPSA) is 47.0 Å². The Bertz CT molecular complexity index is 623. The predicted molar refractivity (Wildman–Crippen MR) is 82.4 cm³/mol. The van der Waals surface area contributed by atoms with E-state index in [9.17, 15) is 0 Å². The Labute approximate surface area is 120 Å². The number of aryl methyl sites for hydroxylation is 2. The molecule has 1 aromatic carbocycles. The molecular weight excluding hydrogens is 250 g/mol. The number of nitrogens with one attached hydrogen (secondary N) is 1. The van der Waals surface area contributed by atoms with Gasteiger partial charge in [-0.3, -0.25) is 0 Å². The van der Waals surface area contributed by atoms with E-state index in [-0.39, 0.29) is 0 Å². The molecule has 0 radical (unpaired) electrons. The number of anilines is 1. The van der Waals surface area contributed by atoms with Gasteiger partial charge in [-0.2, -0.15) is 0 Å². The van der Waals surface area contributed by atoms with Crippen LogP contribution < -0.4 is 10.1 Å². The van der Waals surface area contributed by atoms with E-state index in [0.29, 0.717) is 5.82 Å². The molecule has 20 heavy (non-hydrogen) atoms. The molecule has 0 bridgehead atoms. The summed E-state index contributed by atoms with van der Waals surface area (Å²) in [5.41, 5.74) is 4.14. The lowest BCUT2D eigenvalue weighted by Crippen LogP contribution is -2.06. The molecule has 0 unspecified atom stereocenters. The Hall–Kier alpha value is -2.10. The molecule has 0 saturated heterocycles. The number of methoxy groups -OCH3 is 1. The fraction of sp³-hybridized carbons (Fsp3) is 0.375. The van der Waals surface area contributed by atoms with Crippen molar-refractivity contribution < 1.29 is 4.74 Å². The molecule has 1 heterocycles. The van der Waals surface area contributed by atoms with Crippen molar-refractivity contribution >= 4 is 5.82 Å². The lowest BCUT2D eigenvalue weighted by Gasteiger charge is -2.13. The van der Waals surface area contributed by atoms with Crippen molar-refractivity contribution in [1.29, 1.82) is 0 Å². The maximum Gasteiger partial charge on any atom is 0.165 e. The molecule has 0 aliphatic carbocycles. The summed E-state index contributed by atoms with van der Waals surface area (Å²) >= 11 is 0. The molecule has 0 fully saturated rings. The zero-order valence-corrected chi connectivity index (χ0v) is 12.7. The summed E-state index contributed by atoms with van der Waals surface area (Å²) in [6.45, 7) is 8.97. The maximum absolute atomic E-state index is 5.45. The second-order valence-electron chi connectivity index (χ2n) is 4.84. The summed E-state index contributed by atoms with van der Waals surface area (Å²) < 4.78 is 5.45. The van der Waals surface area contributed by atoms with Gasteiger partial charge in [0.15, 0.2) is 5.82 Å². The fourth-order valence-corrected chi connectivity index (χ4v) is 2.07. The first-order chi connectivity index (χ1) is 9.56. The van der Waals surface area contributed by atoms with Gasteiger partial charge in [-0.1, -0.05) is 6.07 Å². The van der Waals surface area contributed by atoms with Gasteiger partial charge >= 0.3 is 0 Å². The summed E-state index contributed by atoms with van der Waals surface area (Å²) in [6, 6.07) is 6.05. The zero-order valence-electron chi connectivity index (χ0n) is 12.7. The highest BCUT2D eigenvalue weighted by molar-refractivity contribution is 5.67. The number of aromatic nitrogens is 2. The normalized spacial score (nSPS) is 10.4. The summed E-state index contributed by atoms with van der Waals surface area (Å²) in [5.74, 6) is 2.38. The van der Waals surface area contributed by atoms with Gasteiger partial charge in [0, 0.05) is 17.8 Å². The maximum atomic E-state index is 5.45. The first-order valence-electron chi connectivity index (χ1n) is 6.81. The summed E-state index contributed by atoms with van der Waals surface area (Å²) in [4.78, 5) is 9.22. The highest BCUT2D eigenvalue weighted by Crippen LogP contribution is 2.30. The average molecular weight is 271 g/mol. The minimum Gasteiger partial charge on any atom is -0.496 e. The van der Waals surface area contributed by atoms with Crippen molar-refractivity contribution in [2.45, 2.75) is 27.7 Å². The van der Waals surface area contributed by atoms with Crippen molar-refractivity contribution in [3.05, 3.63) is 35.0 Å². The van der Waals surface area contributed by atoms with Crippen LogP contribution in [0.25, 0.3) is 11.4 Å². The van der Waals surface area contributed by atoms with Gasteiger partial charge < -0.3 is 10.1 Å². The Morgan fingerprint density at radius 3 is 2.55 bits per heavy atom. The molecule has 4 heteroatoms. The van der Waals surface area contributed by atoms with Crippen LogP contribution >= 0.6 is 0 Å². The van der Waals surface area contributed by atoms with E-state index in [1.807, 2.05) is 39.0 Å². The minimum atomic E-state index is 0.695. The molecule has 106 valence electrons. The van der Waals surface area contributed by atoms with Crippen LogP contribution in [0.3, 0.4) is 0 Å². The van der Waals surface area contributed by atoms with Crippen LogP contribution in [0.2, 0.25) is 0 Å². The van der Waals surface area contributed by atoms with Crippen molar-refractivity contribution in [2.24, 2.45) is 0 Å². The van der Waals surface area contributed by atoms with Crippen LogP contribution in [-0.2, 0) is 0 Å². The Kier molecular flexibility index (Phi) is 4.23. The van der Waals surface area contributed by atoms with Crippen LogP contribution in [0, 0.1) is 20.8 Å². The third kappa shape index (κ3) is 2.74. The predicted octanol–water partition coefficient (Wildman–Crippen LogP) is 3.51. The largest absolute Gasteiger partial charge is 0.496 e. The van der Waals surface area contributed by atoms with E-state index in [1.54, 1.807) is 7.11 Å². The van der Waals surface area contributed by atoms with Gasteiger partial charge in [-0.15, -0.1) is 0 Å². The number of benzene rings is 1. The lowest BCUT2D eigenvalue weighted by atomic mass is 10.1. The van der Waals surface area contributed by atoms with Gasteiger partial charge in [0.1, 0.15) is 11.6 Å². The quantitative estimate of drug-likeness (QED) is 0.924. The third-order valence-electron chi connectivity index (χ3n) is 3.33. The number of rotatable bonds is 4. The molecule has 2 aromatic rings. The Morgan fingerprint density at radius 2 is 1.90 bits per heavy atom. The molecule has 4 nitrogen and oxygen atoms in total. The number of hydrogen-bond acceptors (Lipinski definition) is 4. The van der Waals surface area contributed by atoms with E-state index in [2.05, 4.69) is 22.2 Å².